The molecule has 2 nitrogen and oxygen atoms in total. The van der Waals surface area contributed by atoms with Gasteiger partial charge >= 0.3 is 0 Å². The Kier molecular flexibility index (Phi) is 4.10. The monoisotopic (exact) mass is 270 g/mol. The van der Waals surface area contributed by atoms with Gasteiger partial charge in [-0.25, -0.2) is 4.98 Å². The van der Waals surface area contributed by atoms with Gasteiger partial charge in [0.05, 0.1) is 0 Å². The Morgan fingerprint density at radius 1 is 1.21 bits per heavy atom. The average Bonchev–Trinajstić information content (AvgIpc) is 2.62. The Morgan fingerprint density at radius 2 is 1.93 bits per heavy atom. The molecule has 0 bridgehead atoms. The van der Waals surface area contributed by atoms with E-state index in [1.165, 1.54) is 5.56 Å². The van der Waals surface area contributed by atoms with Gasteiger partial charge in [-0.2, -0.15) is 0 Å². The SMILES string of the molecule is Br.Cc1ccc(Nc2nccs2)cc1. The number of halogens is 1. The van der Waals surface area contributed by atoms with Gasteiger partial charge < -0.3 is 5.32 Å². The summed E-state index contributed by atoms with van der Waals surface area (Å²) in [5.41, 5.74) is 2.35. The van der Waals surface area contributed by atoms with Crippen LogP contribution in [0.2, 0.25) is 0 Å². The summed E-state index contributed by atoms with van der Waals surface area (Å²) in [6, 6.07) is 8.26. The van der Waals surface area contributed by atoms with Crippen molar-refractivity contribution < 1.29 is 0 Å². The van der Waals surface area contributed by atoms with Crippen molar-refractivity contribution in [1.29, 1.82) is 0 Å². The van der Waals surface area contributed by atoms with E-state index in [4.69, 9.17) is 0 Å². The summed E-state index contributed by atoms with van der Waals surface area (Å²) in [7, 11) is 0. The smallest absolute Gasteiger partial charge is 0.187 e. The van der Waals surface area contributed by atoms with E-state index in [1.54, 1.807) is 17.5 Å². The van der Waals surface area contributed by atoms with Gasteiger partial charge in [0.25, 0.3) is 0 Å². The summed E-state index contributed by atoms with van der Waals surface area (Å²) >= 11 is 1.60. The van der Waals surface area contributed by atoms with Gasteiger partial charge in [-0.15, -0.1) is 28.3 Å². The van der Waals surface area contributed by atoms with Crippen molar-refractivity contribution in [2.75, 3.05) is 5.32 Å². The van der Waals surface area contributed by atoms with Crippen molar-refractivity contribution in [3.63, 3.8) is 0 Å². The zero-order chi connectivity index (χ0) is 9.10. The highest BCUT2D eigenvalue weighted by atomic mass is 79.9. The number of aryl methyl sites for hydroxylation is 1. The Hall–Kier alpha value is -0.870. The summed E-state index contributed by atoms with van der Waals surface area (Å²) in [6.07, 6.45) is 1.79. The molecule has 0 fully saturated rings. The van der Waals surface area contributed by atoms with Crippen LogP contribution in [0.25, 0.3) is 0 Å². The Bertz CT molecular complexity index is 370. The van der Waals surface area contributed by atoms with Crippen LogP contribution in [-0.4, -0.2) is 4.98 Å². The topological polar surface area (TPSA) is 24.9 Å². The van der Waals surface area contributed by atoms with E-state index >= 15 is 0 Å². The molecule has 0 atom stereocenters. The first-order valence-corrected chi connectivity index (χ1v) is 4.96. The molecular weight excluding hydrogens is 260 g/mol. The Labute approximate surface area is 97.8 Å². The molecule has 0 saturated carbocycles. The molecule has 0 radical (unpaired) electrons. The average molecular weight is 271 g/mol. The van der Waals surface area contributed by atoms with Gasteiger partial charge in [0.1, 0.15) is 0 Å². The number of thiazole rings is 1. The predicted molar refractivity (Wildman–Crippen MR) is 66.9 cm³/mol. The quantitative estimate of drug-likeness (QED) is 0.899. The van der Waals surface area contributed by atoms with Crippen LogP contribution < -0.4 is 5.32 Å². The molecule has 74 valence electrons. The summed E-state index contributed by atoms with van der Waals surface area (Å²) < 4.78 is 0. The largest absolute Gasteiger partial charge is 0.332 e. The summed E-state index contributed by atoms with van der Waals surface area (Å²) in [6.45, 7) is 2.08. The Balaban J connectivity index is 0.000000980. The maximum Gasteiger partial charge on any atom is 0.187 e. The molecule has 1 aromatic heterocycles. The highest BCUT2D eigenvalue weighted by molar-refractivity contribution is 8.93. The normalized spacial score (nSPS) is 9.21. The van der Waals surface area contributed by atoms with Crippen molar-refractivity contribution in [2.24, 2.45) is 0 Å². The summed E-state index contributed by atoms with van der Waals surface area (Å²) in [5.74, 6) is 0. The van der Waals surface area contributed by atoms with E-state index in [2.05, 4.69) is 41.5 Å². The first kappa shape index (κ1) is 11.2. The van der Waals surface area contributed by atoms with E-state index in [0.29, 0.717) is 0 Å². The zero-order valence-corrected chi connectivity index (χ0v) is 10.3. The van der Waals surface area contributed by atoms with E-state index in [-0.39, 0.29) is 17.0 Å². The van der Waals surface area contributed by atoms with Crippen LogP contribution in [0, 0.1) is 6.92 Å². The lowest BCUT2D eigenvalue weighted by Gasteiger charge is -2.01. The first-order valence-electron chi connectivity index (χ1n) is 4.08. The molecule has 0 spiro atoms. The lowest BCUT2D eigenvalue weighted by molar-refractivity contribution is 1.38. The van der Waals surface area contributed by atoms with E-state index < -0.39 is 0 Å². The van der Waals surface area contributed by atoms with Crippen LogP contribution in [0.15, 0.2) is 35.8 Å². The fourth-order valence-corrected chi connectivity index (χ4v) is 1.59. The van der Waals surface area contributed by atoms with Crippen LogP contribution in [0.1, 0.15) is 5.56 Å². The molecule has 0 unspecified atom stereocenters. The minimum Gasteiger partial charge on any atom is -0.332 e. The molecule has 14 heavy (non-hydrogen) atoms. The minimum absolute atomic E-state index is 0. The summed E-state index contributed by atoms with van der Waals surface area (Å²) in [5, 5.41) is 6.11. The molecule has 1 heterocycles. The number of hydrogen-bond acceptors (Lipinski definition) is 3. The fourth-order valence-electron chi connectivity index (χ4n) is 1.05. The number of rotatable bonds is 2. The number of benzene rings is 1. The maximum absolute atomic E-state index is 4.14. The van der Waals surface area contributed by atoms with Gasteiger partial charge in [0.15, 0.2) is 5.13 Å². The molecule has 0 aliphatic heterocycles. The van der Waals surface area contributed by atoms with E-state index in [0.717, 1.165) is 10.8 Å². The highest BCUT2D eigenvalue weighted by Crippen LogP contribution is 2.18. The van der Waals surface area contributed by atoms with Crippen molar-refractivity contribution in [3.05, 3.63) is 41.4 Å². The lowest BCUT2D eigenvalue weighted by Crippen LogP contribution is -1.88. The Morgan fingerprint density at radius 3 is 2.50 bits per heavy atom. The molecule has 0 saturated heterocycles. The minimum atomic E-state index is 0. The predicted octanol–water partition coefficient (Wildman–Crippen LogP) is 3.77. The number of hydrogen-bond donors (Lipinski definition) is 1. The van der Waals surface area contributed by atoms with Gasteiger partial charge in [0, 0.05) is 17.3 Å². The molecule has 0 aliphatic rings. The number of nitrogens with one attached hydrogen (secondary N) is 1. The van der Waals surface area contributed by atoms with Gasteiger partial charge in [-0.1, -0.05) is 17.7 Å². The molecule has 4 heteroatoms. The van der Waals surface area contributed by atoms with Crippen LogP contribution >= 0.6 is 28.3 Å². The van der Waals surface area contributed by atoms with Gasteiger partial charge in [0.2, 0.25) is 0 Å². The zero-order valence-electron chi connectivity index (χ0n) is 7.73. The van der Waals surface area contributed by atoms with Crippen LogP contribution in [-0.2, 0) is 0 Å². The first-order chi connectivity index (χ1) is 6.34. The van der Waals surface area contributed by atoms with Crippen LogP contribution in [0.3, 0.4) is 0 Å². The van der Waals surface area contributed by atoms with Crippen LogP contribution in [0.4, 0.5) is 10.8 Å². The molecule has 1 aromatic carbocycles. The van der Waals surface area contributed by atoms with Gasteiger partial charge in [-0.05, 0) is 19.1 Å². The molecule has 0 amide bonds. The van der Waals surface area contributed by atoms with E-state index in [9.17, 15) is 0 Å². The second-order valence-corrected chi connectivity index (χ2v) is 3.72. The van der Waals surface area contributed by atoms with Gasteiger partial charge in [-0.3, -0.25) is 0 Å². The molecule has 2 aromatic rings. The van der Waals surface area contributed by atoms with Crippen molar-refractivity contribution in [1.82, 2.24) is 4.98 Å². The highest BCUT2D eigenvalue weighted by Gasteiger charge is 1.94. The third-order valence-corrected chi connectivity index (χ3v) is 2.42. The molecular formula is C10H11BrN2S. The standard InChI is InChI=1S/C10H10N2S.BrH/c1-8-2-4-9(5-3-8)12-10-11-6-7-13-10;/h2-7H,1H3,(H,11,12);1H. The third kappa shape index (κ3) is 2.82. The van der Waals surface area contributed by atoms with E-state index in [1.807, 2.05) is 5.38 Å². The number of nitrogens with zero attached hydrogens (tertiary/aromatic N) is 1. The summed E-state index contributed by atoms with van der Waals surface area (Å²) in [4.78, 5) is 4.14. The lowest BCUT2D eigenvalue weighted by atomic mass is 10.2. The van der Waals surface area contributed by atoms with Crippen molar-refractivity contribution in [2.45, 2.75) is 6.92 Å². The fraction of sp³-hybridized carbons (Fsp3) is 0.100. The molecule has 0 aliphatic carbocycles. The molecule has 2 rings (SSSR count). The maximum atomic E-state index is 4.14. The second-order valence-electron chi connectivity index (χ2n) is 2.83. The second kappa shape index (κ2) is 5.12. The van der Waals surface area contributed by atoms with Crippen LogP contribution in [0.5, 0.6) is 0 Å². The van der Waals surface area contributed by atoms with Crippen molar-refractivity contribution in [3.8, 4) is 0 Å². The number of anilines is 2. The third-order valence-electron chi connectivity index (χ3n) is 1.74. The number of aromatic nitrogens is 1. The van der Waals surface area contributed by atoms with Crippen molar-refractivity contribution >= 4 is 39.1 Å². The molecule has 1 N–H and O–H groups in total.